The predicted octanol–water partition coefficient (Wildman–Crippen LogP) is 20.1. The number of carbonyl (C=O) groups is 3. The molecule has 12 aromatic rings. The number of para-hydroxylation sites is 1. The van der Waals surface area contributed by atoms with Crippen molar-refractivity contribution < 1.29 is 64.0 Å². The molecule has 1 saturated heterocycles. The number of anilines is 1. The minimum Gasteiger partial charge on any atom is -0.508 e. The number of nitrogens with zero attached hydrogens (tertiary/aromatic N) is 1. The average Bonchev–Trinajstić information content (AvgIpc) is 1.65. The first-order valence-electron chi connectivity index (χ1n) is 30.2. The molecule has 0 radical (unpaired) electrons. The molecule has 0 saturated carbocycles. The van der Waals surface area contributed by atoms with Crippen molar-refractivity contribution in [3.63, 3.8) is 0 Å². The Morgan fingerprint density at radius 2 is 0.874 bits per heavy atom. The number of carboxylic acid groups (broad SMARTS) is 3. The predicted molar refractivity (Wildman–Crippen MR) is 383 cm³/mol. The number of aryl methyl sites for hydroxylation is 1. The molecule has 0 atom stereocenters. The highest BCUT2D eigenvalue weighted by Crippen LogP contribution is 2.53. The molecule has 0 spiro atoms. The third-order valence-electron chi connectivity index (χ3n) is 15.5. The van der Waals surface area contributed by atoms with Crippen molar-refractivity contribution >= 4 is 106 Å². The van der Waals surface area contributed by atoms with E-state index in [1.807, 2.05) is 129 Å². The Kier molecular flexibility index (Phi) is 20.2. The average molecular weight is 1320 g/mol. The quantitative estimate of drug-likeness (QED) is 0.0441. The van der Waals surface area contributed by atoms with E-state index in [-0.39, 0.29) is 17.2 Å². The van der Waals surface area contributed by atoms with Gasteiger partial charge in [-0.05, 0) is 167 Å². The molecule has 1 fully saturated rings. The summed E-state index contributed by atoms with van der Waals surface area (Å²) in [4.78, 5) is 37.3. The SMILES string of the molecule is CN(C)c1ccccc1-c1sc2cc(O)ccc2c1Oc1ccc(/C=C/C(=O)O)cc1.Cc1cccc(C(C)C)c1-c1sc2cc(O)ccc2c1Oc1ccc(/C=C/C(=O)O)cc1.O=C(O)/C=C/c1ccc(Oc2c(-c3ccccc3C3COC3)sc3cc(O)ccc23)cc1. The number of phenols is 3. The number of phenolic OH excluding ortho intramolecular Hbond substituents is 3. The zero-order valence-corrected chi connectivity index (χ0v) is 54.7. The Labute approximate surface area is 560 Å². The molecular formula is C78H65NO13S3. The van der Waals surface area contributed by atoms with E-state index in [1.165, 1.54) is 34.4 Å². The number of hydrogen-bond acceptors (Lipinski definition) is 14. The molecule has 0 bridgehead atoms. The van der Waals surface area contributed by atoms with Crippen LogP contribution >= 0.6 is 34.0 Å². The summed E-state index contributed by atoms with van der Waals surface area (Å²) in [5, 5.41) is 59.2. The number of rotatable bonds is 18. The van der Waals surface area contributed by atoms with Crippen molar-refractivity contribution in [3.8, 4) is 83.1 Å². The zero-order chi connectivity index (χ0) is 66.9. The molecule has 4 heterocycles. The van der Waals surface area contributed by atoms with Gasteiger partial charge in [-0.3, -0.25) is 0 Å². The van der Waals surface area contributed by atoms with E-state index in [4.69, 9.17) is 34.3 Å². The summed E-state index contributed by atoms with van der Waals surface area (Å²) in [6.07, 6.45) is 7.94. The van der Waals surface area contributed by atoms with Crippen LogP contribution < -0.4 is 19.1 Å². The number of ether oxygens (including phenoxy) is 4. The van der Waals surface area contributed by atoms with E-state index in [2.05, 4.69) is 68.1 Å². The number of aliphatic carboxylic acids is 3. The van der Waals surface area contributed by atoms with Crippen molar-refractivity contribution in [3.05, 3.63) is 246 Å². The standard InChI is InChI=1S/C27H24O4S.C26H20O5S.C25H21NO4S/c1-16(2)21-6-4-5-17(3)25(21)27-26(22-13-10-19(28)15-23(22)32-27)31-20-11-7-18(8-12-20)9-14-24(29)30;27-18-8-11-22-23(13-18)32-26(21-4-2-1-3-20(21)17-14-30-15-17)25(22)31-19-9-5-16(6-10-19)7-12-24(28)29;1-26(2)21-6-4-3-5-19(21)25-24(20-13-10-17(27)15-22(20)31-25)30-18-11-7-16(8-12-18)9-14-23(28)29/h4-16,28H,1-3H3,(H,29,30);1-13,17,27H,14-15H2,(H,28,29);3-15,27H,1-2H3,(H,28,29)/b14-9+;12-7+;14-9+. The molecule has 95 heavy (non-hydrogen) atoms. The van der Waals surface area contributed by atoms with Crippen LogP contribution in [0.1, 0.15) is 59.1 Å². The first-order valence-corrected chi connectivity index (χ1v) is 32.7. The maximum absolute atomic E-state index is 10.7. The summed E-state index contributed by atoms with van der Waals surface area (Å²) < 4.78 is 27.4. The van der Waals surface area contributed by atoms with Crippen LogP contribution in [0.15, 0.2) is 212 Å². The first kappa shape index (κ1) is 65.5. The molecule has 0 amide bonds. The van der Waals surface area contributed by atoms with Gasteiger partial charge < -0.3 is 54.5 Å². The molecule has 17 heteroatoms. The number of thiophene rings is 3. The van der Waals surface area contributed by atoms with Gasteiger partial charge in [0, 0.05) is 85.3 Å². The lowest BCUT2D eigenvalue weighted by atomic mass is 9.92. The van der Waals surface area contributed by atoms with Crippen LogP contribution in [0.3, 0.4) is 0 Å². The lowest BCUT2D eigenvalue weighted by Crippen LogP contribution is -2.25. The van der Waals surface area contributed by atoms with Crippen molar-refractivity contribution in [2.24, 2.45) is 0 Å². The highest BCUT2D eigenvalue weighted by molar-refractivity contribution is 7.23. The van der Waals surface area contributed by atoms with Crippen LogP contribution in [0.25, 0.3) is 79.8 Å². The summed E-state index contributed by atoms with van der Waals surface area (Å²) >= 11 is 4.77. The summed E-state index contributed by atoms with van der Waals surface area (Å²) in [5.74, 6) is 2.57. The van der Waals surface area contributed by atoms with E-state index >= 15 is 0 Å². The number of hydrogen-bond donors (Lipinski definition) is 6. The summed E-state index contributed by atoms with van der Waals surface area (Å²) in [5.41, 5.74) is 10.4. The molecule has 9 aromatic carbocycles. The molecule has 0 aliphatic carbocycles. The second-order valence-corrected chi connectivity index (χ2v) is 25.9. The fourth-order valence-corrected chi connectivity index (χ4v) is 14.5. The van der Waals surface area contributed by atoms with E-state index in [9.17, 15) is 29.7 Å². The first-order chi connectivity index (χ1) is 45.8. The van der Waals surface area contributed by atoms with Gasteiger partial charge >= 0.3 is 17.9 Å². The van der Waals surface area contributed by atoms with Crippen LogP contribution in [0.4, 0.5) is 5.69 Å². The van der Waals surface area contributed by atoms with Gasteiger partial charge in [-0.25, -0.2) is 14.4 Å². The van der Waals surface area contributed by atoms with E-state index in [0.29, 0.717) is 42.3 Å². The van der Waals surface area contributed by atoms with Gasteiger partial charge in [-0.1, -0.05) is 111 Å². The zero-order valence-electron chi connectivity index (χ0n) is 52.2. The Morgan fingerprint density at radius 1 is 0.484 bits per heavy atom. The topological polar surface area (TPSA) is 213 Å². The largest absolute Gasteiger partial charge is 0.508 e. The summed E-state index contributed by atoms with van der Waals surface area (Å²) in [6.45, 7) is 7.90. The van der Waals surface area contributed by atoms with Crippen molar-refractivity contribution in [1.29, 1.82) is 0 Å². The Balaban J connectivity index is 0.000000145. The minimum atomic E-state index is -0.988. The number of aromatic hydroxyl groups is 3. The molecule has 14 nitrogen and oxygen atoms in total. The second-order valence-electron chi connectivity index (χ2n) is 22.8. The van der Waals surface area contributed by atoms with Crippen molar-refractivity contribution in [2.45, 2.75) is 32.6 Å². The normalized spacial score (nSPS) is 12.2. The molecular weight excluding hydrogens is 1260 g/mol. The highest BCUT2D eigenvalue weighted by atomic mass is 32.1. The van der Waals surface area contributed by atoms with Crippen LogP contribution in [-0.2, 0) is 19.1 Å². The third-order valence-corrected chi connectivity index (χ3v) is 19.0. The lowest BCUT2D eigenvalue weighted by Gasteiger charge is -2.28. The summed E-state index contributed by atoms with van der Waals surface area (Å²) in [7, 11) is 4.00. The molecule has 6 N–H and O–H groups in total. The Morgan fingerprint density at radius 3 is 1.27 bits per heavy atom. The lowest BCUT2D eigenvalue weighted by molar-refractivity contribution is -0.132. The number of carboxylic acids is 3. The molecule has 3 aromatic heterocycles. The Hall–Kier alpha value is -11.0. The van der Waals surface area contributed by atoms with E-state index < -0.39 is 17.9 Å². The molecule has 1 aliphatic rings. The number of fused-ring (bicyclic) bond motifs is 3. The van der Waals surface area contributed by atoms with Crippen molar-refractivity contribution in [2.75, 3.05) is 32.2 Å². The van der Waals surface area contributed by atoms with Crippen LogP contribution in [0, 0.1) is 6.92 Å². The fourth-order valence-electron chi connectivity index (χ4n) is 10.8. The number of benzene rings is 9. The van der Waals surface area contributed by atoms with Crippen molar-refractivity contribution in [1.82, 2.24) is 0 Å². The molecule has 0 unspecified atom stereocenters. The molecule has 478 valence electrons. The minimum absolute atomic E-state index is 0.210. The van der Waals surface area contributed by atoms with Gasteiger partial charge in [0.1, 0.15) is 34.5 Å². The third kappa shape index (κ3) is 15.6. The van der Waals surface area contributed by atoms with E-state index in [0.717, 1.165) is 114 Å². The van der Waals surface area contributed by atoms with Gasteiger partial charge in [-0.2, -0.15) is 0 Å². The summed E-state index contributed by atoms with van der Waals surface area (Å²) in [6, 6.07) is 60.5. The van der Waals surface area contributed by atoms with Gasteiger partial charge in [0.15, 0.2) is 17.2 Å². The van der Waals surface area contributed by atoms with Gasteiger partial charge in [-0.15, -0.1) is 34.0 Å². The van der Waals surface area contributed by atoms with Gasteiger partial charge in [0.05, 0.1) is 27.8 Å². The van der Waals surface area contributed by atoms with Crippen LogP contribution in [0.2, 0.25) is 0 Å². The highest BCUT2D eigenvalue weighted by Gasteiger charge is 2.28. The maximum Gasteiger partial charge on any atom is 0.328 e. The smallest absolute Gasteiger partial charge is 0.328 e. The Bertz CT molecular complexity index is 4880. The van der Waals surface area contributed by atoms with Gasteiger partial charge in [0.25, 0.3) is 0 Å². The monoisotopic (exact) mass is 1320 g/mol. The van der Waals surface area contributed by atoms with Gasteiger partial charge in [0.2, 0.25) is 0 Å². The molecule has 13 rings (SSSR count). The maximum atomic E-state index is 10.7. The second kappa shape index (κ2) is 29.3. The van der Waals surface area contributed by atoms with E-state index in [1.54, 1.807) is 76.5 Å². The molecule has 1 aliphatic heterocycles. The fraction of sp³-hybridized carbons (Fsp3) is 0.115. The van der Waals surface area contributed by atoms with Crippen LogP contribution in [0.5, 0.6) is 51.7 Å². The van der Waals surface area contributed by atoms with Crippen LogP contribution in [-0.4, -0.2) is 75.9 Å².